The maximum Gasteiger partial charge on any atom is 0.254 e. The number of pyridine rings is 1. The monoisotopic (exact) mass is 307 g/mol. The van der Waals surface area contributed by atoms with Gasteiger partial charge < -0.3 is 10.2 Å². The van der Waals surface area contributed by atoms with Gasteiger partial charge in [-0.2, -0.15) is 11.8 Å². The Morgan fingerprint density at radius 3 is 2.71 bits per heavy atom. The summed E-state index contributed by atoms with van der Waals surface area (Å²) in [5.74, 6) is 2.91. The molecular weight excluding hydrogens is 282 g/mol. The van der Waals surface area contributed by atoms with Crippen LogP contribution < -0.4 is 5.32 Å². The van der Waals surface area contributed by atoms with Gasteiger partial charge in [0.25, 0.3) is 5.91 Å². The van der Waals surface area contributed by atoms with Gasteiger partial charge in [-0.15, -0.1) is 0 Å². The number of thioether (sulfide) groups is 1. The van der Waals surface area contributed by atoms with Gasteiger partial charge in [-0.25, -0.2) is 4.98 Å². The minimum absolute atomic E-state index is 0.0781. The molecule has 4 nitrogen and oxygen atoms in total. The summed E-state index contributed by atoms with van der Waals surface area (Å²) >= 11 is 1.92. The number of amides is 1. The third-order valence-corrected chi connectivity index (χ3v) is 4.91. The fraction of sp³-hybridized carbons (Fsp3) is 0.625. The number of nitrogens with zero attached hydrogens (tertiary/aromatic N) is 2. The van der Waals surface area contributed by atoms with Crippen molar-refractivity contribution in [2.75, 3.05) is 30.4 Å². The zero-order valence-corrected chi connectivity index (χ0v) is 14.4. The highest BCUT2D eigenvalue weighted by atomic mass is 32.2. The van der Waals surface area contributed by atoms with Crippen LogP contribution in [0.3, 0.4) is 0 Å². The van der Waals surface area contributed by atoms with E-state index in [2.05, 4.69) is 38.0 Å². The Hall–Kier alpha value is -1.23. The van der Waals surface area contributed by atoms with Crippen LogP contribution >= 0.6 is 11.8 Å². The minimum Gasteiger partial charge on any atom is -0.373 e. The van der Waals surface area contributed by atoms with Crippen LogP contribution in [-0.4, -0.2) is 46.9 Å². The third-order valence-electron chi connectivity index (χ3n) is 3.73. The van der Waals surface area contributed by atoms with E-state index in [0.29, 0.717) is 6.04 Å². The molecule has 1 amide bonds. The lowest BCUT2D eigenvalue weighted by Crippen LogP contribution is -2.44. The largest absolute Gasteiger partial charge is 0.373 e. The summed E-state index contributed by atoms with van der Waals surface area (Å²) in [6.07, 6.45) is 0. The molecule has 1 aliphatic heterocycles. The van der Waals surface area contributed by atoms with Gasteiger partial charge in [-0.3, -0.25) is 4.79 Å². The van der Waals surface area contributed by atoms with Crippen LogP contribution in [0.4, 0.5) is 5.82 Å². The first kappa shape index (κ1) is 16.1. The summed E-state index contributed by atoms with van der Waals surface area (Å²) in [7, 11) is 1.84. The molecule has 0 bridgehead atoms. The van der Waals surface area contributed by atoms with E-state index in [9.17, 15) is 4.79 Å². The molecule has 1 aliphatic rings. The predicted octanol–water partition coefficient (Wildman–Crippen LogP) is 3.00. The second kappa shape index (κ2) is 6.26. The molecular formula is C16H25N3OS. The summed E-state index contributed by atoms with van der Waals surface area (Å²) in [5, 5.41) is 3.06. The van der Waals surface area contributed by atoms with Crippen molar-refractivity contribution in [3.63, 3.8) is 0 Å². The van der Waals surface area contributed by atoms with Crippen LogP contribution in [0.5, 0.6) is 0 Å². The number of aromatic nitrogens is 1. The Labute approximate surface area is 131 Å². The summed E-state index contributed by atoms with van der Waals surface area (Å²) in [6, 6.07) is 4.09. The molecule has 0 saturated carbocycles. The van der Waals surface area contributed by atoms with Crippen molar-refractivity contribution >= 4 is 23.5 Å². The van der Waals surface area contributed by atoms with Gasteiger partial charge in [0, 0.05) is 47.8 Å². The van der Waals surface area contributed by atoms with E-state index < -0.39 is 0 Å². The molecule has 1 N–H and O–H groups in total. The number of carbonyl (C=O) groups excluding carboxylic acids is 1. The van der Waals surface area contributed by atoms with Crippen LogP contribution in [0, 0.1) is 0 Å². The number of hydrogen-bond donors (Lipinski definition) is 1. The lowest BCUT2D eigenvalue weighted by atomic mass is 9.90. The molecule has 116 valence electrons. The summed E-state index contributed by atoms with van der Waals surface area (Å²) in [6.45, 7) is 9.29. The fourth-order valence-electron chi connectivity index (χ4n) is 2.36. The van der Waals surface area contributed by atoms with Crippen molar-refractivity contribution < 1.29 is 4.79 Å². The normalized spacial score (nSPS) is 19.5. The maximum atomic E-state index is 12.8. The first-order chi connectivity index (χ1) is 9.82. The highest BCUT2D eigenvalue weighted by Gasteiger charge is 2.26. The van der Waals surface area contributed by atoms with Crippen molar-refractivity contribution in [1.82, 2.24) is 9.88 Å². The maximum absolute atomic E-state index is 12.8. The third kappa shape index (κ3) is 3.70. The van der Waals surface area contributed by atoms with Crippen molar-refractivity contribution in [1.29, 1.82) is 0 Å². The molecule has 1 unspecified atom stereocenters. The van der Waals surface area contributed by atoms with Crippen LogP contribution in [0.2, 0.25) is 0 Å². The zero-order chi connectivity index (χ0) is 15.6. The molecule has 0 spiro atoms. The first-order valence-electron chi connectivity index (χ1n) is 7.42. The van der Waals surface area contributed by atoms with E-state index in [0.717, 1.165) is 35.1 Å². The Morgan fingerprint density at radius 1 is 1.43 bits per heavy atom. The Balaban J connectivity index is 2.36. The second-order valence-electron chi connectivity index (χ2n) is 6.55. The van der Waals surface area contributed by atoms with Gasteiger partial charge in [0.05, 0.1) is 0 Å². The Kier molecular flexibility index (Phi) is 4.81. The first-order valence-corrected chi connectivity index (χ1v) is 8.57. The van der Waals surface area contributed by atoms with Gasteiger partial charge in [-0.05, 0) is 19.1 Å². The van der Waals surface area contributed by atoms with E-state index in [1.54, 1.807) is 0 Å². The van der Waals surface area contributed by atoms with Crippen LogP contribution in [0.1, 0.15) is 43.7 Å². The summed E-state index contributed by atoms with van der Waals surface area (Å²) in [4.78, 5) is 19.4. The lowest BCUT2D eigenvalue weighted by molar-refractivity contribution is 0.0715. The zero-order valence-electron chi connectivity index (χ0n) is 13.6. The number of anilines is 1. The highest BCUT2D eigenvalue weighted by molar-refractivity contribution is 7.99. The molecule has 2 heterocycles. The van der Waals surface area contributed by atoms with Crippen molar-refractivity contribution in [2.24, 2.45) is 0 Å². The van der Waals surface area contributed by atoms with Crippen molar-refractivity contribution in [3.05, 3.63) is 23.4 Å². The van der Waals surface area contributed by atoms with E-state index in [-0.39, 0.29) is 11.3 Å². The van der Waals surface area contributed by atoms with E-state index in [1.165, 1.54) is 0 Å². The average Bonchev–Trinajstić information content (AvgIpc) is 2.45. The summed E-state index contributed by atoms with van der Waals surface area (Å²) < 4.78 is 0. The molecule has 0 aliphatic carbocycles. The van der Waals surface area contributed by atoms with Crippen LogP contribution in [-0.2, 0) is 5.41 Å². The van der Waals surface area contributed by atoms with Crippen LogP contribution in [0.25, 0.3) is 0 Å². The number of nitrogens with one attached hydrogen (secondary N) is 1. The van der Waals surface area contributed by atoms with Crippen LogP contribution in [0.15, 0.2) is 12.1 Å². The fourth-order valence-corrected chi connectivity index (χ4v) is 3.37. The molecule has 1 saturated heterocycles. The van der Waals surface area contributed by atoms with Gasteiger partial charge >= 0.3 is 0 Å². The predicted molar refractivity (Wildman–Crippen MR) is 90.3 cm³/mol. The number of hydrogen-bond acceptors (Lipinski definition) is 4. The second-order valence-corrected chi connectivity index (χ2v) is 7.70. The molecule has 21 heavy (non-hydrogen) atoms. The SMILES string of the molecule is CNc1cc(C(=O)N2CCSCC2C)cc(C(C)(C)C)n1. The van der Waals surface area contributed by atoms with Crippen molar-refractivity contribution in [2.45, 2.75) is 39.2 Å². The molecule has 1 fully saturated rings. The average molecular weight is 307 g/mol. The molecule has 2 rings (SSSR count). The topological polar surface area (TPSA) is 45.2 Å². The van der Waals surface area contributed by atoms with Gasteiger partial charge in [0.15, 0.2) is 0 Å². The molecule has 0 aromatic carbocycles. The molecule has 1 aromatic heterocycles. The molecule has 5 heteroatoms. The molecule has 1 atom stereocenters. The van der Waals surface area contributed by atoms with Crippen molar-refractivity contribution in [3.8, 4) is 0 Å². The van der Waals surface area contributed by atoms with Gasteiger partial charge in [-0.1, -0.05) is 20.8 Å². The summed E-state index contributed by atoms with van der Waals surface area (Å²) in [5.41, 5.74) is 1.60. The minimum atomic E-state index is -0.0781. The van der Waals surface area contributed by atoms with Gasteiger partial charge in [0.1, 0.15) is 5.82 Å². The lowest BCUT2D eigenvalue weighted by Gasteiger charge is -2.33. The Morgan fingerprint density at radius 2 is 2.14 bits per heavy atom. The number of rotatable bonds is 2. The standard InChI is InChI=1S/C16H25N3OS/c1-11-10-21-7-6-19(11)15(20)12-8-13(16(2,3)4)18-14(9-12)17-5/h8-9,11H,6-7,10H2,1-5H3,(H,17,18). The van der Waals surface area contributed by atoms with E-state index in [4.69, 9.17) is 0 Å². The van der Waals surface area contributed by atoms with Gasteiger partial charge in [0.2, 0.25) is 0 Å². The Bertz CT molecular complexity index is 525. The highest BCUT2D eigenvalue weighted by Crippen LogP contribution is 2.25. The van der Waals surface area contributed by atoms with E-state index in [1.807, 2.05) is 35.8 Å². The van der Waals surface area contributed by atoms with E-state index >= 15 is 0 Å². The molecule has 1 aromatic rings. The quantitative estimate of drug-likeness (QED) is 0.912. The smallest absolute Gasteiger partial charge is 0.254 e. The number of carbonyl (C=O) groups is 1. The molecule has 0 radical (unpaired) electrons.